The van der Waals surface area contributed by atoms with Gasteiger partial charge < -0.3 is 4.74 Å². The maximum absolute atomic E-state index is 5.95. The molecule has 1 aliphatic carbocycles. The Balaban J connectivity index is 1.93. The fraction of sp³-hybridized carbons (Fsp3) is 0.750. The molecule has 0 N–H and O–H groups in total. The van der Waals surface area contributed by atoms with Gasteiger partial charge in [0.05, 0.1) is 28.6 Å². The van der Waals surface area contributed by atoms with Crippen LogP contribution in [0.3, 0.4) is 0 Å². The van der Waals surface area contributed by atoms with E-state index in [1.807, 2.05) is 18.7 Å². The number of aryl methyl sites for hydroxylation is 2. The third-order valence-electron chi connectivity index (χ3n) is 3.27. The summed E-state index contributed by atoms with van der Waals surface area (Å²) < 4.78 is 8.95. The molecule has 1 fully saturated rings. The molecule has 1 aromatic heterocycles. The van der Waals surface area contributed by atoms with Gasteiger partial charge in [0.1, 0.15) is 0 Å². The van der Waals surface area contributed by atoms with E-state index in [0.29, 0.717) is 12.7 Å². The van der Waals surface area contributed by atoms with Gasteiger partial charge in [0.2, 0.25) is 0 Å². The van der Waals surface area contributed by atoms with Gasteiger partial charge in [-0.3, -0.25) is 4.68 Å². The highest BCUT2D eigenvalue weighted by Gasteiger charge is 2.16. The molecule has 0 aromatic carbocycles. The molecule has 3 nitrogen and oxygen atoms in total. The molecule has 0 spiro atoms. The predicted molar refractivity (Wildman–Crippen MR) is 67.3 cm³/mol. The number of aromatic nitrogens is 2. The van der Waals surface area contributed by atoms with Crippen molar-refractivity contribution < 1.29 is 4.74 Å². The van der Waals surface area contributed by atoms with Crippen LogP contribution in [0, 0.1) is 6.92 Å². The lowest BCUT2D eigenvalue weighted by Crippen LogP contribution is -2.17. The zero-order valence-electron chi connectivity index (χ0n) is 10.0. The summed E-state index contributed by atoms with van der Waals surface area (Å²) in [5.74, 6) is 0. The molecule has 1 aromatic rings. The predicted octanol–water partition coefficient (Wildman–Crippen LogP) is 3.34. The van der Waals surface area contributed by atoms with Crippen LogP contribution in [-0.4, -0.2) is 15.9 Å². The number of nitrogens with zero attached hydrogens (tertiary/aromatic N) is 2. The van der Waals surface area contributed by atoms with Gasteiger partial charge in [0.25, 0.3) is 0 Å². The quantitative estimate of drug-likeness (QED) is 0.852. The Morgan fingerprint density at radius 1 is 1.38 bits per heavy atom. The van der Waals surface area contributed by atoms with Crippen molar-refractivity contribution in [1.29, 1.82) is 0 Å². The summed E-state index contributed by atoms with van der Waals surface area (Å²) in [5, 5.41) is 4.36. The molecule has 0 amide bonds. The molecule has 0 bridgehead atoms. The van der Waals surface area contributed by atoms with E-state index in [2.05, 4.69) is 21.0 Å². The molecular formula is C12H19BrN2O. The second kappa shape index (κ2) is 5.32. The van der Waals surface area contributed by atoms with Crippen molar-refractivity contribution in [3.63, 3.8) is 0 Å². The zero-order valence-corrected chi connectivity index (χ0v) is 11.6. The van der Waals surface area contributed by atoms with E-state index < -0.39 is 0 Å². The highest BCUT2D eigenvalue weighted by molar-refractivity contribution is 9.10. The van der Waals surface area contributed by atoms with E-state index in [9.17, 15) is 0 Å². The summed E-state index contributed by atoms with van der Waals surface area (Å²) in [6.45, 7) is 2.68. The molecule has 1 saturated carbocycles. The summed E-state index contributed by atoms with van der Waals surface area (Å²) in [4.78, 5) is 0. The minimum absolute atomic E-state index is 0.454. The summed E-state index contributed by atoms with van der Waals surface area (Å²) >= 11 is 3.56. The second-order valence-corrected chi connectivity index (χ2v) is 5.33. The van der Waals surface area contributed by atoms with E-state index >= 15 is 0 Å². The Bertz CT molecular complexity index is 356. The van der Waals surface area contributed by atoms with Crippen molar-refractivity contribution in [2.24, 2.45) is 7.05 Å². The normalized spacial score (nSPS) is 17.9. The standard InChI is InChI=1S/C12H19BrN2O/c1-9-12(13)11(15(2)14-9)8-16-10-6-4-3-5-7-10/h10H,3-8H2,1-2H3. The van der Waals surface area contributed by atoms with Gasteiger partial charge in [-0.2, -0.15) is 5.10 Å². The fourth-order valence-electron chi connectivity index (χ4n) is 2.27. The third kappa shape index (κ3) is 2.66. The lowest BCUT2D eigenvalue weighted by Gasteiger charge is -2.22. The van der Waals surface area contributed by atoms with Gasteiger partial charge >= 0.3 is 0 Å². The van der Waals surface area contributed by atoms with Gasteiger partial charge in [-0.05, 0) is 35.7 Å². The van der Waals surface area contributed by atoms with Crippen LogP contribution >= 0.6 is 15.9 Å². The minimum atomic E-state index is 0.454. The van der Waals surface area contributed by atoms with Gasteiger partial charge in [-0.25, -0.2) is 0 Å². The van der Waals surface area contributed by atoms with Crippen LogP contribution in [0.25, 0.3) is 0 Å². The molecule has 16 heavy (non-hydrogen) atoms. The van der Waals surface area contributed by atoms with Crippen LogP contribution in [0.15, 0.2) is 4.47 Å². The summed E-state index contributed by atoms with van der Waals surface area (Å²) in [5.41, 5.74) is 2.17. The molecule has 1 heterocycles. The molecule has 0 atom stereocenters. The molecule has 2 rings (SSSR count). The van der Waals surface area contributed by atoms with Gasteiger partial charge in [0, 0.05) is 7.05 Å². The number of hydrogen-bond donors (Lipinski definition) is 0. The highest BCUT2D eigenvalue weighted by Crippen LogP contribution is 2.24. The topological polar surface area (TPSA) is 27.1 Å². The molecule has 1 aliphatic rings. The average Bonchev–Trinajstić information content (AvgIpc) is 2.53. The van der Waals surface area contributed by atoms with Crippen molar-refractivity contribution in [3.05, 3.63) is 15.9 Å². The van der Waals surface area contributed by atoms with E-state index in [1.165, 1.54) is 32.1 Å². The number of hydrogen-bond acceptors (Lipinski definition) is 2. The summed E-state index contributed by atoms with van der Waals surface area (Å²) in [6.07, 6.45) is 6.89. The maximum atomic E-state index is 5.95. The number of ether oxygens (including phenoxy) is 1. The zero-order chi connectivity index (χ0) is 11.5. The van der Waals surface area contributed by atoms with Crippen molar-refractivity contribution in [3.8, 4) is 0 Å². The maximum Gasteiger partial charge on any atom is 0.0900 e. The molecule has 90 valence electrons. The van der Waals surface area contributed by atoms with E-state index in [0.717, 1.165) is 15.9 Å². The van der Waals surface area contributed by atoms with Crippen molar-refractivity contribution >= 4 is 15.9 Å². The second-order valence-electron chi connectivity index (χ2n) is 4.54. The van der Waals surface area contributed by atoms with Crippen LogP contribution in [0.5, 0.6) is 0 Å². The summed E-state index contributed by atoms with van der Waals surface area (Å²) in [6, 6.07) is 0. The monoisotopic (exact) mass is 286 g/mol. The van der Waals surface area contributed by atoms with Crippen LogP contribution in [0.2, 0.25) is 0 Å². The first-order chi connectivity index (χ1) is 7.68. The lowest BCUT2D eigenvalue weighted by atomic mass is 9.98. The van der Waals surface area contributed by atoms with Gasteiger partial charge in [0.15, 0.2) is 0 Å². The van der Waals surface area contributed by atoms with Crippen LogP contribution in [0.4, 0.5) is 0 Å². The molecule has 4 heteroatoms. The SMILES string of the molecule is Cc1nn(C)c(COC2CCCCC2)c1Br. The molecule has 0 aliphatic heterocycles. The number of rotatable bonds is 3. The smallest absolute Gasteiger partial charge is 0.0900 e. The Labute approximate surface area is 105 Å². The minimum Gasteiger partial charge on any atom is -0.372 e. The van der Waals surface area contributed by atoms with E-state index in [4.69, 9.17) is 4.74 Å². The first-order valence-electron chi connectivity index (χ1n) is 5.98. The third-order valence-corrected chi connectivity index (χ3v) is 4.30. The molecule has 0 saturated heterocycles. The Hall–Kier alpha value is -0.350. The van der Waals surface area contributed by atoms with Crippen LogP contribution in [0.1, 0.15) is 43.5 Å². The van der Waals surface area contributed by atoms with E-state index in [1.54, 1.807) is 0 Å². The fourth-order valence-corrected chi connectivity index (χ4v) is 2.72. The van der Waals surface area contributed by atoms with Crippen molar-refractivity contribution in [2.45, 2.75) is 51.7 Å². The largest absolute Gasteiger partial charge is 0.372 e. The molecular weight excluding hydrogens is 268 g/mol. The average molecular weight is 287 g/mol. The van der Waals surface area contributed by atoms with Crippen molar-refractivity contribution in [2.75, 3.05) is 0 Å². The highest BCUT2D eigenvalue weighted by atomic mass is 79.9. The van der Waals surface area contributed by atoms with E-state index in [-0.39, 0.29) is 0 Å². The first kappa shape index (κ1) is 12.1. The number of halogens is 1. The Morgan fingerprint density at radius 2 is 2.06 bits per heavy atom. The van der Waals surface area contributed by atoms with Crippen LogP contribution in [-0.2, 0) is 18.4 Å². The van der Waals surface area contributed by atoms with Crippen LogP contribution < -0.4 is 0 Å². The summed E-state index contributed by atoms with van der Waals surface area (Å²) in [7, 11) is 1.97. The lowest BCUT2D eigenvalue weighted by molar-refractivity contribution is 0.0136. The first-order valence-corrected chi connectivity index (χ1v) is 6.77. The van der Waals surface area contributed by atoms with Crippen molar-refractivity contribution in [1.82, 2.24) is 9.78 Å². The van der Waals surface area contributed by atoms with Gasteiger partial charge in [-0.15, -0.1) is 0 Å². The Kier molecular flexibility index (Phi) is 4.03. The Morgan fingerprint density at radius 3 is 2.62 bits per heavy atom. The molecule has 0 unspecified atom stereocenters. The van der Waals surface area contributed by atoms with Gasteiger partial charge in [-0.1, -0.05) is 19.3 Å². The molecule has 0 radical (unpaired) electrons.